The van der Waals surface area contributed by atoms with Crippen molar-refractivity contribution in [2.24, 2.45) is 0 Å². The van der Waals surface area contributed by atoms with E-state index in [4.69, 9.17) is 21.1 Å². The van der Waals surface area contributed by atoms with Crippen LogP contribution in [0.15, 0.2) is 30.3 Å². The first-order chi connectivity index (χ1) is 7.25. The molecule has 2 nitrogen and oxygen atoms in total. The molecule has 0 spiro atoms. The van der Waals surface area contributed by atoms with E-state index in [0.717, 1.165) is 0 Å². The van der Waals surface area contributed by atoms with Crippen LogP contribution in [0.1, 0.15) is 18.4 Å². The Morgan fingerprint density at radius 3 is 2.47 bits per heavy atom. The summed E-state index contributed by atoms with van der Waals surface area (Å²) in [6, 6.07) is 10.1. The second-order valence-corrected chi connectivity index (χ2v) is 3.84. The molecule has 0 aliphatic carbocycles. The van der Waals surface area contributed by atoms with E-state index in [2.05, 4.69) is 19.1 Å². The van der Waals surface area contributed by atoms with E-state index in [1.54, 1.807) is 7.11 Å². The summed E-state index contributed by atoms with van der Waals surface area (Å²) in [5, 5.41) is 0. The van der Waals surface area contributed by atoms with E-state index in [0.29, 0.717) is 13.2 Å². The van der Waals surface area contributed by atoms with E-state index in [1.807, 2.05) is 18.2 Å². The van der Waals surface area contributed by atoms with Gasteiger partial charge < -0.3 is 9.47 Å². The lowest BCUT2D eigenvalue weighted by Crippen LogP contribution is -2.16. The highest BCUT2D eigenvalue weighted by Crippen LogP contribution is 2.23. The monoisotopic (exact) mass is 228 g/mol. The minimum Gasteiger partial charge on any atom is -0.382 e. The van der Waals surface area contributed by atoms with Crippen LogP contribution >= 0.6 is 11.6 Å². The van der Waals surface area contributed by atoms with Crippen molar-refractivity contribution in [1.82, 2.24) is 0 Å². The van der Waals surface area contributed by atoms with Crippen LogP contribution in [0.25, 0.3) is 0 Å². The van der Waals surface area contributed by atoms with Crippen molar-refractivity contribution < 1.29 is 9.47 Å². The molecule has 0 saturated heterocycles. The zero-order valence-corrected chi connectivity index (χ0v) is 9.91. The van der Waals surface area contributed by atoms with Gasteiger partial charge in [-0.1, -0.05) is 48.9 Å². The van der Waals surface area contributed by atoms with Gasteiger partial charge in [0.2, 0.25) is 0 Å². The summed E-state index contributed by atoms with van der Waals surface area (Å²) >= 11 is 6.12. The van der Waals surface area contributed by atoms with Crippen molar-refractivity contribution in [1.29, 1.82) is 0 Å². The molecule has 0 bridgehead atoms. The van der Waals surface area contributed by atoms with Gasteiger partial charge >= 0.3 is 0 Å². The van der Waals surface area contributed by atoms with Gasteiger partial charge in [0.15, 0.2) is 0 Å². The summed E-state index contributed by atoms with van der Waals surface area (Å²) in [7, 11) is 1.65. The molecule has 0 aliphatic rings. The first kappa shape index (κ1) is 12.5. The highest BCUT2D eigenvalue weighted by molar-refractivity contribution is 6.20. The lowest BCUT2D eigenvalue weighted by atomic mass is 10.0. The van der Waals surface area contributed by atoms with Crippen molar-refractivity contribution >= 4 is 11.6 Å². The number of benzene rings is 1. The lowest BCUT2D eigenvalue weighted by Gasteiger charge is -2.18. The minimum atomic E-state index is -0.303. The van der Waals surface area contributed by atoms with E-state index in [-0.39, 0.29) is 11.5 Å². The third kappa shape index (κ3) is 4.20. The number of halogens is 1. The van der Waals surface area contributed by atoms with Crippen LogP contribution in [0.3, 0.4) is 0 Å². The summed E-state index contributed by atoms with van der Waals surface area (Å²) in [4.78, 5) is 0. The molecule has 0 fully saturated rings. The van der Waals surface area contributed by atoms with E-state index in [9.17, 15) is 0 Å². The van der Waals surface area contributed by atoms with Gasteiger partial charge in [-0.2, -0.15) is 0 Å². The summed E-state index contributed by atoms with van der Waals surface area (Å²) in [6.45, 7) is 3.16. The Labute approximate surface area is 96.2 Å². The molecule has 3 heteroatoms. The zero-order chi connectivity index (χ0) is 11.1. The molecule has 84 valence electrons. The fraction of sp³-hybridized carbons (Fsp3) is 0.500. The molecule has 0 radical (unpaired) electrons. The average molecular weight is 229 g/mol. The Morgan fingerprint density at radius 1 is 1.20 bits per heavy atom. The first-order valence-corrected chi connectivity index (χ1v) is 5.49. The molecular formula is C12H17ClO2. The first-order valence-electron chi connectivity index (χ1n) is 5.05. The Morgan fingerprint density at radius 2 is 1.87 bits per heavy atom. The molecule has 1 aromatic carbocycles. The van der Waals surface area contributed by atoms with Crippen molar-refractivity contribution in [2.45, 2.75) is 18.4 Å². The molecule has 0 heterocycles. The largest absolute Gasteiger partial charge is 0.382 e. The SMILES string of the molecule is COCCOC(Cl)C(C)c1ccccc1. The van der Waals surface area contributed by atoms with E-state index < -0.39 is 0 Å². The lowest BCUT2D eigenvalue weighted by molar-refractivity contribution is 0.0454. The van der Waals surface area contributed by atoms with Crippen LogP contribution in [-0.2, 0) is 9.47 Å². The normalized spacial score (nSPS) is 14.9. The zero-order valence-electron chi connectivity index (χ0n) is 9.15. The van der Waals surface area contributed by atoms with Gasteiger partial charge in [-0.15, -0.1) is 0 Å². The molecule has 15 heavy (non-hydrogen) atoms. The summed E-state index contributed by atoms with van der Waals surface area (Å²) < 4.78 is 10.3. The molecule has 2 atom stereocenters. The summed E-state index contributed by atoms with van der Waals surface area (Å²) in [5.74, 6) is 0.185. The Kier molecular flexibility index (Phi) is 5.69. The maximum Gasteiger partial charge on any atom is 0.137 e. The van der Waals surface area contributed by atoms with Crippen LogP contribution in [-0.4, -0.2) is 25.9 Å². The highest BCUT2D eigenvalue weighted by Gasteiger charge is 2.16. The van der Waals surface area contributed by atoms with Gasteiger partial charge in [0, 0.05) is 13.0 Å². The molecule has 0 N–H and O–H groups in total. The van der Waals surface area contributed by atoms with Gasteiger partial charge in [0.05, 0.1) is 13.2 Å². The van der Waals surface area contributed by atoms with E-state index in [1.165, 1.54) is 5.56 Å². The van der Waals surface area contributed by atoms with Gasteiger partial charge in [0.25, 0.3) is 0 Å². The fourth-order valence-corrected chi connectivity index (χ4v) is 1.53. The molecule has 1 aromatic rings. The predicted octanol–water partition coefficient (Wildman–Crippen LogP) is 3.02. The van der Waals surface area contributed by atoms with Crippen LogP contribution in [0, 0.1) is 0 Å². The quantitative estimate of drug-likeness (QED) is 0.551. The van der Waals surface area contributed by atoms with Crippen LogP contribution in [0.2, 0.25) is 0 Å². The van der Waals surface area contributed by atoms with Gasteiger partial charge in [0.1, 0.15) is 5.56 Å². The third-order valence-electron chi connectivity index (χ3n) is 2.28. The number of hydrogen-bond acceptors (Lipinski definition) is 2. The highest BCUT2D eigenvalue weighted by atomic mass is 35.5. The van der Waals surface area contributed by atoms with Crippen LogP contribution in [0.4, 0.5) is 0 Å². The number of alkyl halides is 1. The topological polar surface area (TPSA) is 18.5 Å². The average Bonchev–Trinajstić information content (AvgIpc) is 2.29. The predicted molar refractivity (Wildman–Crippen MR) is 62.3 cm³/mol. The van der Waals surface area contributed by atoms with Gasteiger partial charge in [-0.25, -0.2) is 0 Å². The van der Waals surface area contributed by atoms with E-state index >= 15 is 0 Å². The maximum absolute atomic E-state index is 6.12. The molecule has 2 unspecified atom stereocenters. The van der Waals surface area contributed by atoms with Gasteiger partial charge in [-0.05, 0) is 5.56 Å². The van der Waals surface area contributed by atoms with Crippen molar-refractivity contribution in [3.05, 3.63) is 35.9 Å². The third-order valence-corrected chi connectivity index (χ3v) is 2.79. The number of ether oxygens (including phenoxy) is 2. The minimum absolute atomic E-state index is 0.185. The second-order valence-electron chi connectivity index (χ2n) is 3.41. The van der Waals surface area contributed by atoms with Crippen molar-refractivity contribution in [3.8, 4) is 0 Å². The van der Waals surface area contributed by atoms with Crippen LogP contribution < -0.4 is 0 Å². The molecule has 0 aromatic heterocycles. The maximum atomic E-state index is 6.12. The Bertz CT molecular complexity index is 264. The number of methoxy groups -OCH3 is 1. The molecular weight excluding hydrogens is 212 g/mol. The molecule has 0 saturated carbocycles. The smallest absolute Gasteiger partial charge is 0.137 e. The van der Waals surface area contributed by atoms with Gasteiger partial charge in [-0.3, -0.25) is 0 Å². The molecule has 0 aliphatic heterocycles. The second kappa shape index (κ2) is 6.83. The Hall–Kier alpha value is -0.570. The number of rotatable bonds is 6. The van der Waals surface area contributed by atoms with Crippen LogP contribution in [0.5, 0.6) is 0 Å². The fourth-order valence-electron chi connectivity index (χ4n) is 1.30. The summed E-state index contributed by atoms with van der Waals surface area (Å²) in [5.41, 5.74) is 0.887. The Balaban J connectivity index is 2.42. The standard InChI is InChI=1S/C12H17ClO2/c1-10(11-6-4-3-5-7-11)12(13)15-9-8-14-2/h3-7,10,12H,8-9H2,1-2H3. The molecule has 0 amide bonds. The molecule has 1 rings (SSSR count). The number of hydrogen-bond donors (Lipinski definition) is 0. The summed E-state index contributed by atoms with van der Waals surface area (Å²) in [6.07, 6.45) is 0. The van der Waals surface area contributed by atoms with Crippen molar-refractivity contribution in [3.63, 3.8) is 0 Å². The van der Waals surface area contributed by atoms with Crippen molar-refractivity contribution in [2.75, 3.05) is 20.3 Å².